The SMILES string of the molecule is Cn1cc(-c2cnc(C3=CC(C(C)(C)C)N(C(=O)O)CC3)c(Cl)c2)cn1. The quantitative estimate of drug-likeness (QED) is 0.849. The van der Waals surface area contributed by atoms with E-state index in [9.17, 15) is 9.90 Å². The first-order valence-electron chi connectivity index (χ1n) is 8.52. The number of hydrogen-bond donors (Lipinski definition) is 1. The average molecular weight is 375 g/mol. The van der Waals surface area contributed by atoms with Gasteiger partial charge in [-0.05, 0) is 23.5 Å². The second-order valence-electron chi connectivity index (χ2n) is 7.69. The van der Waals surface area contributed by atoms with Gasteiger partial charge in [0.1, 0.15) is 0 Å². The molecule has 0 saturated carbocycles. The van der Waals surface area contributed by atoms with Crippen molar-refractivity contribution in [2.75, 3.05) is 6.54 Å². The van der Waals surface area contributed by atoms with E-state index in [1.165, 1.54) is 4.90 Å². The molecule has 0 aromatic carbocycles. The van der Waals surface area contributed by atoms with Crippen molar-refractivity contribution < 1.29 is 9.90 Å². The number of halogens is 1. The molecule has 1 atom stereocenters. The van der Waals surface area contributed by atoms with Crippen LogP contribution in [0.3, 0.4) is 0 Å². The van der Waals surface area contributed by atoms with Crippen molar-refractivity contribution in [3.05, 3.63) is 41.4 Å². The van der Waals surface area contributed by atoms with Crippen molar-refractivity contribution in [1.82, 2.24) is 19.7 Å². The van der Waals surface area contributed by atoms with Gasteiger partial charge >= 0.3 is 6.09 Å². The maximum atomic E-state index is 11.6. The molecule has 2 aromatic heterocycles. The third-order valence-electron chi connectivity index (χ3n) is 4.63. The van der Waals surface area contributed by atoms with Crippen molar-refractivity contribution in [3.63, 3.8) is 0 Å². The van der Waals surface area contributed by atoms with Gasteiger partial charge in [-0.25, -0.2) is 4.79 Å². The fraction of sp³-hybridized carbons (Fsp3) is 0.421. The van der Waals surface area contributed by atoms with Gasteiger partial charge in [0.05, 0.1) is 23.0 Å². The summed E-state index contributed by atoms with van der Waals surface area (Å²) >= 11 is 6.52. The Morgan fingerprint density at radius 3 is 2.58 bits per heavy atom. The molecule has 2 aromatic rings. The summed E-state index contributed by atoms with van der Waals surface area (Å²) < 4.78 is 1.73. The van der Waals surface area contributed by atoms with Crippen LogP contribution in [-0.2, 0) is 7.05 Å². The molecule has 0 bridgehead atoms. The van der Waals surface area contributed by atoms with Crippen molar-refractivity contribution in [2.45, 2.75) is 33.2 Å². The number of aromatic nitrogens is 3. The predicted octanol–water partition coefficient (Wildman–Crippen LogP) is 4.32. The number of hydrogen-bond acceptors (Lipinski definition) is 3. The van der Waals surface area contributed by atoms with E-state index in [1.807, 2.05) is 46.2 Å². The standard InChI is InChI=1S/C19H23ClN4O2/c1-19(2,3)16-8-12(5-6-24(16)18(25)26)17-15(20)7-13(9-21-17)14-10-22-23(4)11-14/h7-11,16H,5-6H2,1-4H3,(H,25,26). The molecule has 6 nitrogen and oxygen atoms in total. The van der Waals surface area contributed by atoms with Crippen LogP contribution in [0.4, 0.5) is 4.79 Å². The molecule has 0 aliphatic carbocycles. The van der Waals surface area contributed by atoms with E-state index in [4.69, 9.17) is 11.6 Å². The molecule has 1 aliphatic rings. The zero-order valence-corrected chi connectivity index (χ0v) is 16.2. The second kappa shape index (κ2) is 6.76. The molecule has 1 N–H and O–H groups in total. The van der Waals surface area contributed by atoms with Crippen LogP contribution < -0.4 is 0 Å². The third kappa shape index (κ3) is 3.60. The third-order valence-corrected chi connectivity index (χ3v) is 4.92. The Hall–Kier alpha value is -2.34. The molecule has 0 fully saturated rings. The number of nitrogens with zero attached hydrogens (tertiary/aromatic N) is 4. The van der Waals surface area contributed by atoms with Crippen molar-refractivity contribution in [3.8, 4) is 11.1 Å². The molecule has 1 unspecified atom stereocenters. The van der Waals surface area contributed by atoms with Gasteiger partial charge in [-0.3, -0.25) is 9.67 Å². The van der Waals surface area contributed by atoms with Crippen molar-refractivity contribution in [2.24, 2.45) is 12.5 Å². The topological polar surface area (TPSA) is 71.2 Å². The number of pyridine rings is 1. The summed E-state index contributed by atoms with van der Waals surface area (Å²) in [4.78, 5) is 17.6. The van der Waals surface area contributed by atoms with E-state index in [1.54, 1.807) is 17.1 Å². The lowest BCUT2D eigenvalue weighted by Crippen LogP contribution is -2.48. The Morgan fingerprint density at radius 2 is 2.04 bits per heavy atom. The highest BCUT2D eigenvalue weighted by Crippen LogP contribution is 2.36. The van der Waals surface area contributed by atoms with E-state index >= 15 is 0 Å². The lowest BCUT2D eigenvalue weighted by molar-refractivity contribution is 0.1000. The molecule has 0 radical (unpaired) electrons. The van der Waals surface area contributed by atoms with E-state index in [-0.39, 0.29) is 11.5 Å². The molecule has 1 aliphatic heterocycles. The summed E-state index contributed by atoms with van der Waals surface area (Å²) in [5.74, 6) is 0. The molecular formula is C19H23ClN4O2. The number of carbonyl (C=O) groups is 1. The van der Waals surface area contributed by atoms with Crippen LogP contribution in [0.2, 0.25) is 5.02 Å². The summed E-state index contributed by atoms with van der Waals surface area (Å²) in [7, 11) is 1.86. The van der Waals surface area contributed by atoms with Gasteiger partial charge in [-0.1, -0.05) is 38.4 Å². The van der Waals surface area contributed by atoms with Gasteiger partial charge in [0.15, 0.2) is 0 Å². The lowest BCUT2D eigenvalue weighted by atomic mass is 9.82. The molecule has 3 heterocycles. The van der Waals surface area contributed by atoms with E-state index in [0.29, 0.717) is 18.0 Å². The summed E-state index contributed by atoms with van der Waals surface area (Å²) in [5.41, 5.74) is 3.36. The van der Waals surface area contributed by atoms with Gasteiger partial charge in [0, 0.05) is 37.1 Å². The van der Waals surface area contributed by atoms with Crippen LogP contribution in [0.25, 0.3) is 16.7 Å². The zero-order chi connectivity index (χ0) is 19.1. The van der Waals surface area contributed by atoms with E-state index < -0.39 is 6.09 Å². The minimum absolute atomic E-state index is 0.216. The minimum Gasteiger partial charge on any atom is -0.465 e. The van der Waals surface area contributed by atoms with Crippen LogP contribution in [-0.4, -0.2) is 43.5 Å². The first-order chi connectivity index (χ1) is 12.2. The molecular weight excluding hydrogens is 352 g/mol. The second-order valence-corrected chi connectivity index (χ2v) is 8.09. The van der Waals surface area contributed by atoms with Crippen LogP contribution in [0, 0.1) is 5.41 Å². The van der Waals surface area contributed by atoms with Crippen molar-refractivity contribution in [1.29, 1.82) is 0 Å². The Labute approximate surface area is 158 Å². The molecule has 138 valence electrons. The molecule has 0 spiro atoms. The van der Waals surface area contributed by atoms with Gasteiger partial charge in [0.2, 0.25) is 0 Å². The summed E-state index contributed by atoms with van der Waals surface area (Å²) in [6.07, 6.45) is 7.16. The highest BCUT2D eigenvalue weighted by atomic mass is 35.5. The van der Waals surface area contributed by atoms with Crippen LogP contribution >= 0.6 is 11.6 Å². The minimum atomic E-state index is -0.897. The fourth-order valence-corrected chi connectivity index (χ4v) is 3.56. The molecule has 0 saturated heterocycles. The summed E-state index contributed by atoms with van der Waals surface area (Å²) in [6.45, 7) is 6.54. The molecule has 3 rings (SSSR count). The maximum absolute atomic E-state index is 11.6. The van der Waals surface area contributed by atoms with E-state index in [2.05, 4.69) is 10.1 Å². The smallest absolute Gasteiger partial charge is 0.407 e. The van der Waals surface area contributed by atoms with E-state index in [0.717, 1.165) is 22.4 Å². The first-order valence-corrected chi connectivity index (χ1v) is 8.90. The maximum Gasteiger partial charge on any atom is 0.407 e. The normalized spacial score (nSPS) is 18.0. The molecule has 1 amide bonds. The van der Waals surface area contributed by atoms with Crippen LogP contribution in [0.5, 0.6) is 0 Å². The Balaban J connectivity index is 1.97. The summed E-state index contributed by atoms with van der Waals surface area (Å²) in [5, 5.41) is 14.2. The van der Waals surface area contributed by atoms with Gasteiger partial charge in [-0.2, -0.15) is 5.10 Å². The van der Waals surface area contributed by atoms with Crippen LogP contribution in [0.15, 0.2) is 30.7 Å². The Kier molecular flexibility index (Phi) is 4.80. The van der Waals surface area contributed by atoms with Crippen LogP contribution in [0.1, 0.15) is 32.9 Å². The zero-order valence-electron chi connectivity index (χ0n) is 15.4. The fourth-order valence-electron chi connectivity index (χ4n) is 3.28. The Bertz CT molecular complexity index is 867. The van der Waals surface area contributed by atoms with Gasteiger partial charge in [0.25, 0.3) is 0 Å². The van der Waals surface area contributed by atoms with Gasteiger partial charge < -0.3 is 10.0 Å². The summed E-state index contributed by atoms with van der Waals surface area (Å²) in [6, 6.07) is 1.66. The van der Waals surface area contributed by atoms with Gasteiger partial charge in [-0.15, -0.1) is 0 Å². The average Bonchev–Trinajstić information content (AvgIpc) is 3.00. The number of aryl methyl sites for hydroxylation is 1. The number of amides is 1. The number of carboxylic acid groups (broad SMARTS) is 1. The molecule has 26 heavy (non-hydrogen) atoms. The molecule has 7 heteroatoms. The number of rotatable bonds is 2. The monoisotopic (exact) mass is 374 g/mol. The highest BCUT2D eigenvalue weighted by molar-refractivity contribution is 6.32. The lowest BCUT2D eigenvalue weighted by Gasteiger charge is -2.40. The predicted molar refractivity (Wildman–Crippen MR) is 102 cm³/mol. The van der Waals surface area contributed by atoms with Crippen molar-refractivity contribution >= 4 is 23.3 Å². The first kappa shape index (κ1) is 18.5. The largest absolute Gasteiger partial charge is 0.465 e. The Morgan fingerprint density at radius 1 is 1.31 bits per heavy atom. The highest BCUT2D eigenvalue weighted by Gasteiger charge is 2.35.